The first-order chi connectivity index (χ1) is 10.9. The standard InChI is InChI=1S/C18H30N4O2/c1-17(2,3)15(23)13-12-14(20(7)19-13)16(24)21-8-10-22(11-9-21)18(4,5)6/h12H,8-11H2,1-7H3. The number of ketones is 1. The molecule has 1 aliphatic rings. The highest BCUT2D eigenvalue weighted by Crippen LogP contribution is 2.22. The molecule has 0 atom stereocenters. The summed E-state index contributed by atoms with van der Waals surface area (Å²) < 4.78 is 1.53. The molecule has 2 rings (SSSR count). The number of hydrogen-bond donors (Lipinski definition) is 0. The first-order valence-corrected chi connectivity index (χ1v) is 8.54. The summed E-state index contributed by atoms with van der Waals surface area (Å²) in [6.07, 6.45) is 0. The Labute approximate surface area is 144 Å². The van der Waals surface area contributed by atoms with E-state index in [4.69, 9.17) is 0 Å². The Bertz CT molecular complexity index is 626. The molecule has 1 fully saturated rings. The molecule has 1 saturated heterocycles. The van der Waals surface area contributed by atoms with Gasteiger partial charge in [0.1, 0.15) is 11.4 Å². The number of nitrogens with zero attached hydrogens (tertiary/aromatic N) is 4. The van der Waals surface area contributed by atoms with Crippen LogP contribution in [0.25, 0.3) is 0 Å². The van der Waals surface area contributed by atoms with Crippen molar-refractivity contribution in [2.75, 3.05) is 26.2 Å². The minimum atomic E-state index is -0.507. The quantitative estimate of drug-likeness (QED) is 0.778. The van der Waals surface area contributed by atoms with Crippen LogP contribution in [0.5, 0.6) is 0 Å². The molecule has 1 aromatic heterocycles. The van der Waals surface area contributed by atoms with Gasteiger partial charge in [-0.05, 0) is 20.8 Å². The van der Waals surface area contributed by atoms with E-state index in [2.05, 4.69) is 30.8 Å². The van der Waals surface area contributed by atoms with Gasteiger partial charge in [-0.25, -0.2) is 0 Å². The Morgan fingerprint density at radius 2 is 1.54 bits per heavy atom. The topological polar surface area (TPSA) is 58.4 Å². The van der Waals surface area contributed by atoms with Crippen LogP contribution < -0.4 is 0 Å². The number of carbonyl (C=O) groups excluding carboxylic acids is 2. The smallest absolute Gasteiger partial charge is 0.272 e. The van der Waals surface area contributed by atoms with E-state index in [-0.39, 0.29) is 17.2 Å². The number of hydrogen-bond acceptors (Lipinski definition) is 4. The fraction of sp³-hybridized carbons (Fsp3) is 0.722. The van der Waals surface area contributed by atoms with E-state index < -0.39 is 5.41 Å². The second-order valence-electron chi connectivity index (χ2n) is 8.57. The first kappa shape index (κ1) is 18.6. The minimum Gasteiger partial charge on any atom is -0.335 e. The van der Waals surface area contributed by atoms with Crippen LogP contribution >= 0.6 is 0 Å². The van der Waals surface area contributed by atoms with Crippen LogP contribution in [0.2, 0.25) is 0 Å². The molecule has 0 aromatic carbocycles. The summed E-state index contributed by atoms with van der Waals surface area (Å²) in [5.74, 6) is -0.0961. The Morgan fingerprint density at radius 1 is 1.00 bits per heavy atom. The van der Waals surface area contributed by atoms with Gasteiger partial charge in [-0.15, -0.1) is 0 Å². The SMILES string of the molecule is Cn1nc(C(=O)C(C)(C)C)cc1C(=O)N1CCN(C(C)(C)C)CC1. The lowest BCUT2D eigenvalue weighted by atomic mass is 9.89. The molecule has 0 saturated carbocycles. The fourth-order valence-corrected chi connectivity index (χ4v) is 2.90. The van der Waals surface area contributed by atoms with Crippen LogP contribution in [-0.2, 0) is 7.05 Å². The van der Waals surface area contributed by atoms with Crippen molar-refractivity contribution >= 4 is 11.7 Å². The van der Waals surface area contributed by atoms with Crippen LogP contribution in [0, 0.1) is 5.41 Å². The van der Waals surface area contributed by atoms with Crippen molar-refractivity contribution in [3.05, 3.63) is 17.5 Å². The Hall–Kier alpha value is -1.69. The third-order valence-corrected chi connectivity index (χ3v) is 4.53. The van der Waals surface area contributed by atoms with Crippen LogP contribution in [0.4, 0.5) is 0 Å². The second kappa shape index (κ2) is 6.31. The molecule has 0 N–H and O–H groups in total. The van der Waals surface area contributed by atoms with E-state index in [0.717, 1.165) is 13.1 Å². The highest BCUT2D eigenvalue weighted by molar-refractivity contribution is 6.01. The highest BCUT2D eigenvalue weighted by Gasteiger charge is 2.31. The van der Waals surface area contributed by atoms with Gasteiger partial charge in [0.25, 0.3) is 5.91 Å². The number of rotatable bonds is 2. The Morgan fingerprint density at radius 3 is 2.00 bits per heavy atom. The van der Waals surface area contributed by atoms with Gasteiger partial charge in [0.15, 0.2) is 5.78 Å². The molecule has 6 nitrogen and oxygen atoms in total. The van der Waals surface area contributed by atoms with Gasteiger partial charge in [-0.3, -0.25) is 19.2 Å². The predicted octanol–water partition coefficient (Wildman–Crippen LogP) is 2.21. The third kappa shape index (κ3) is 3.86. The third-order valence-electron chi connectivity index (χ3n) is 4.53. The van der Waals surface area contributed by atoms with E-state index in [1.54, 1.807) is 13.1 Å². The van der Waals surface area contributed by atoms with E-state index in [9.17, 15) is 9.59 Å². The van der Waals surface area contributed by atoms with Crippen LogP contribution in [0.3, 0.4) is 0 Å². The van der Waals surface area contributed by atoms with Gasteiger partial charge in [0.05, 0.1) is 0 Å². The van der Waals surface area contributed by atoms with E-state index in [1.165, 1.54) is 4.68 Å². The van der Waals surface area contributed by atoms with Crippen molar-refractivity contribution in [2.45, 2.75) is 47.1 Å². The Kier molecular flexibility index (Phi) is 4.91. The van der Waals surface area contributed by atoms with E-state index in [1.807, 2.05) is 25.7 Å². The summed E-state index contributed by atoms with van der Waals surface area (Å²) >= 11 is 0. The van der Waals surface area contributed by atoms with Crippen LogP contribution in [0.1, 0.15) is 62.5 Å². The normalized spacial score (nSPS) is 17.2. The molecule has 1 aliphatic heterocycles. The molecule has 6 heteroatoms. The van der Waals surface area contributed by atoms with Crippen molar-refractivity contribution in [1.82, 2.24) is 19.6 Å². The highest BCUT2D eigenvalue weighted by atomic mass is 16.2. The van der Waals surface area contributed by atoms with E-state index >= 15 is 0 Å². The molecule has 0 radical (unpaired) electrons. The zero-order chi connectivity index (χ0) is 18.3. The molecule has 0 bridgehead atoms. The molecular weight excluding hydrogens is 304 g/mol. The summed E-state index contributed by atoms with van der Waals surface area (Å²) in [4.78, 5) is 29.4. The van der Waals surface area contributed by atoms with Gasteiger partial charge >= 0.3 is 0 Å². The maximum Gasteiger partial charge on any atom is 0.272 e. The van der Waals surface area contributed by atoms with Crippen LogP contribution in [0.15, 0.2) is 6.07 Å². The molecule has 134 valence electrons. The zero-order valence-corrected chi connectivity index (χ0v) is 16.0. The summed E-state index contributed by atoms with van der Waals surface area (Å²) in [7, 11) is 1.72. The number of aromatic nitrogens is 2. The summed E-state index contributed by atoms with van der Waals surface area (Å²) in [6, 6.07) is 1.63. The predicted molar refractivity (Wildman–Crippen MR) is 94.2 cm³/mol. The van der Waals surface area contributed by atoms with Gasteiger partial charge in [-0.1, -0.05) is 20.8 Å². The van der Waals surface area contributed by atoms with Gasteiger partial charge in [-0.2, -0.15) is 5.10 Å². The lowest BCUT2D eigenvalue weighted by Crippen LogP contribution is -2.54. The minimum absolute atomic E-state index is 0.0466. The summed E-state index contributed by atoms with van der Waals surface area (Å²) in [6.45, 7) is 15.3. The van der Waals surface area contributed by atoms with Gasteiger partial charge < -0.3 is 4.90 Å². The maximum absolute atomic E-state index is 12.8. The number of amides is 1. The van der Waals surface area contributed by atoms with E-state index in [0.29, 0.717) is 24.5 Å². The largest absolute Gasteiger partial charge is 0.335 e. The molecule has 0 unspecified atom stereocenters. The molecule has 0 spiro atoms. The van der Waals surface area contributed by atoms with Crippen molar-refractivity contribution in [3.8, 4) is 0 Å². The summed E-state index contributed by atoms with van der Waals surface area (Å²) in [5.41, 5.74) is 0.453. The average Bonchev–Trinajstić information content (AvgIpc) is 2.85. The van der Waals surface area contributed by atoms with Crippen molar-refractivity contribution in [2.24, 2.45) is 12.5 Å². The number of carbonyl (C=O) groups is 2. The number of piperazine rings is 1. The average molecular weight is 334 g/mol. The molecule has 1 aromatic rings. The van der Waals surface area contributed by atoms with Crippen molar-refractivity contribution in [3.63, 3.8) is 0 Å². The zero-order valence-electron chi connectivity index (χ0n) is 16.0. The number of aryl methyl sites for hydroxylation is 1. The summed E-state index contributed by atoms with van der Waals surface area (Å²) in [5, 5.41) is 4.26. The lowest BCUT2D eigenvalue weighted by molar-refractivity contribution is 0.0443. The van der Waals surface area contributed by atoms with Crippen molar-refractivity contribution in [1.29, 1.82) is 0 Å². The van der Waals surface area contributed by atoms with Gasteiger partial charge in [0.2, 0.25) is 0 Å². The van der Waals surface area contributed by atoms with Crippen LogP contribution in [-0.4, -0.2) is 63.0 Å². The molecule has 2 heterocycles. The molecule has 1 amide bonds. The first-order valence-electron chi connectivity index (χ1n) is 8.54. The second-order valence-corrected chi connectivity index (χ2v) is 8.57. The Balaban J connectivity index is 2.12. The molecule has 0 aliphatic carbocycles. The molecule has 24 heavy (non-hydrogen) atoms. The monoisotopic (exact) mass is 334 g/mol. The fourth-order valence-electron chi connectivity index (χ4n) is 2.90. The maximum atomic E-state index is 12.8. The van der Waals surface area contributed by atoms with Crippen molar-refractivity contribution < 1.29 is 9.59 Å². The molecular formula is C18H30N4O2. The number of Topliss-reactive ketones (excluding diaryl/α,β-unsaturated/α-hetero) is 1. The lowest BCUT2D eigenvalue weighted by Gasteiger charge is -2.42. The van der Waals surface area contributed by atoms with Gasteiger partial charge in [0, 0.05) is 50.2 Å².